The Morgan fingerprint density at radius 1 is 1.00 bits per heavy atom. The Balaban J connectivity index is 1.92. The third-order valence-electron chi connectivity index (χ3n) is 3.43. The molecule has 22 heavy (non-hydrogen) atoms. The van der Waals surface area contributed by atoms with Crippen LogP contribution in [0.15, 0.2) is 35.3 Å². The Bertz CT molecular complexity index is 393. The van der Waals surface area contributed by atoms with Crippen LogP contribution in [0.25, 0.3) is 0 Å². The van der Waals surface area contributed by atoms with Crippen LogP contribution in [0.4, 0.5) is 0 Å². The van der Waals surface area contributed by atoms with Gasteiger partial charge in [0.05, 0.1) is 6.61 Å². The minimum atomic E-state index is 0.803. The number of nitrogens with one attached hydrogen (secondary N) is 2. The highest BCUT2D eigenvalue weighted by atomic mass is 16.5. The molecule has 4 heteroatoms. The normalized spacial score (nSPS) is 11.5. The van der Waals surface area contributed by atoms with Crippen molar-refractivity contribution in [3.63, 3.8) is 0 Å². The number of hydrogen-bond acceptors (Lipinski definition) is 2. The Morgan fingerprint density at radius 3 is 2.41 bits per heavy atom. The van der Waals surface area contributed by atoms with E-state index in [1.807, 2.05) is 13.1 Å². The third-order valence-corrected chi connectivity index (χ3v) is 3.43. The molecule has 0 aromatic heterocycles. The second kappa shape index (κ2) is 13.1. The van der Waals surface area contributed by atoms with Crippen LogP contribution in [-0.4, -0.2) is 39.3 Å². The highest BCUT2D eigenvalue weighted by molar-refractivity contribution is 5.79. The molecule has 0 amide bonds. The molecule has 124 valence electrons. The average molecular weight is 305 g/mol. The highest BCUT2D eigenvalue weighted by Crippen LogP contribution is 2.00. The molecule has 1 aromatic rings. The Kier molecular flexibility index (Phi) is 11.0. The minimum Gasteiger partial charge on any atom is -0.381 e. The maximum absolute atomic E-state index is 5.68. The first-order chi connectivity index (χ1) is 10.9. The zero-order valence-electron chi connectivity index (χ0n) is 14.1. The lowest BCUT2D eigenvalue weighted by molar-refractivity contribution is 0.133. The van der Waals surface area contributed by atoms with E-state index in [9.17, 15) is 0 Å². The first kappa shape index (κ1) is 18.5. The van der Waals surface area contributed by atoms with Crippen LogP contribution in [0.1, 0.15) is 38.2 Å². The molecule has 0 aliphatic heterocycles. The molecule has 0 saturated carbocycles. The van der Waals surface area contributed by atoms with Gasteiger partial charge in [0, 0.05) is 26.7 Å². The molecule has 2 N–H and O–H groups in total. The van der Waals surface area contributed by atoms with Gasteiger partial charge < -0.3 is 15.4 Å². The lowest BCUT2D eigenvalue weighted by Gasteiger charge is -2.11. The van der Waals surface area contributed by atoms with Crippen molar-refractivity contribution in [3.8, 4) is 0 Å². The topological polar surface area (TPSA) is 45.7 Å². The summed E-state index contributed by atoms with van der Waals surface area (Å²) in [7, 11) is 1.81. The van der Waals surface area contributed by atoms with Gasteiger partial charge in [-0.1, -0.05) is 43.7 Å². The number of rotatable bonds is 11. The van der Waals surface area contributed by atoms with Gasteiger partial charge in [0.25, 0.3) is 0 Å². The fourth-order valence-corrected chi connectivity index (χ4v) is 2.08. The summed E-state index contributed by atoms with van der Waals surface area (Å²) in [4.78, 5) is 4.20. The molecule has 0 radical (unpaired) electrons. The summed E-state index contributed by atoms with van der Waals surface area (Å²) in [5.74, 6) is 0.901. The zero-order valence-corrected chi connectivity index (χ0v) is 14.1. The highest BCUT2D eigenvalue weighted by Gasteiger charge is 1.96. The Hall–Kier alpha value is -1.55. The molecule has 0 fully saturated rings. The van der Waals surface area contributed by atoms with Crippen LogP contribution in [0.3, 0.4) is 0 Å². The molecule has 0 heterocycles. The van der Waals surface area contributed by atoms with E-state index in [4.69, 9.17) is 4.74 Å². The van der Waals surface area contributed by atoms with E-state index in [0.717, 1.165) is 51.5 Å². The van der Waals surface area contributed by atoms with Crippen LogP contribution in [0.2, 0.25) is 0 Å². The van der Waals surface area contributed by atoms with E-state index >= 15 is 0 Å². The summed E-state index contributed by atoms with van der Waals surface area (Å²) >= 11 is 0. The van der Waals surface area contributed by atoms with Crippen LogP contribution < -0.4 is 10.6 Å². The molecule has 0 unspecified atom stereocenters. The summed E-state index contributed by atoms with van der Waals surface area (Å²) in [6.07, 6.45) is 5.54. The van der Waals surface area contributed by atoms with Gasteiger partial charge in [0.2, 0.25) is 0 Å². The number of aliphatic imine (C=N–C) groups is 1. The maximum Gasteiger partial charge on any atom is 0.190 e. The van der Waals surface area contributed by atoms with Crippen molar-refractivity contribution in [2.45, 2.75) is 39.0 Å². The number of nitrogens with zero attached hydrogens (tertiary/aromatic N) is 1. The van der Waals surface area contributed by atoms with E-state index in [0.29, 0.717) is 0 Å². The van der Waals surface area contributed by atoms with Crippen molar-refractivity contribution in [1.29, 1.82) is 0 Å². The molecular weight excluding hydrogens is 274 g/mol. The largest absolute Gasteiger partial charge is 0.381 e. The van der Waals surface area contributed by atoms with Crippen molar-refractivity contribution >= 4 is 5.96 Å². The summed E-state index contributed by atoms with van der Waals surface area (Å²) < 4.78 is 5.68. The van der Waals surface area contributed by atoms with Crippen molar-refractivity contribution in [2.24, 2.45) is 4.99 Å². The smallest absolute Gasteiger partial charge is 0.190 e. The number of benzene rings is 1. The SMILES string of the molecule is CCCCNC(=NC)NCCCCOCCc1ccccc1. The molecule has 0 aliphatic carbocycles. The maximum atomic E-state index is 5.68. The zero-order chi connectivity index (χ0) is 15.9. The minimum absolute atomic E-state index is 0.803. The third kappa shape index (κ3) is 9.40. The van der Waals surface area contributed by atoms with Crippen LogP contribution in [0.5, 0.6) is 0 Å². The van der Waals surface area contributed by atoms with Crippen LogP contribution >= 0.6 is 0 Å². The average Bonchev–Trinajstić information content (AvgIpc) is 2.56. The van der Waals surface area contributed by atoms with Crippen LogP contribution in [-0.2, 0) is 11.2 Å². The van der Waals surface area contributed by atoms with Crippen molar-refractivity contribution in [1.82, 2.24) is 10.6 Å². The molecule has 0 atom stereocenters. The van der Waals surface area contributed by atoms with Gasteiger partial charge in [-0.15, -0.1) is 0 Å². The number of ether oxygens (including phenoxy) is 1. The number of hydrogen-bond donors (Lipinski definition) is 2. The summed E-state index contributed by atoms with van der Waals surface area (Å²) in [5, 5.41) is 6.64. The van der Waals surface area contributed by atoms with Crippen molar-refractivity contribution in [2.75, 3.05) is 33.4 Å². The summed E-state index contributed by atoms with van der Waals surface area (Å²) in [6.45, 7) is 5.75. The quantitative estimate of drug-likeness (QED) is 0.375. The molecule has 0 saturated heterocycles. The first-order valence-electron chi connectivity index (χ1n) is 8.43. The van der Waals surface area contributed by atoms with Gasteiger partial charge in [0.1, 0.15) is 0 Å². The standard InChI is InChI=1S/C18H31N3O/c1-3-4-13-20-18(19-2)21-14-8-9-15-22-16-12-17-10-6-5-7-11-17/h5-7,10-11H,3-4,8-9,12-16H2,1-2H3,(H2,19,20,21). The lowest BCUT2D eigenvalue weighted by atomic mass is 10.2. The van der Waals surface area contributed by atoms with Gasteiger partial charge >= 0.3 is 0 Å². The monoisotopic (exact) mass is 305 g/mol. The van der Waals surface area contributed by atoms with Gasteiger partial charge in [-0.2, -0.15) is 0 Å². The second-order valence-corrected chi connectivity index (χ2v) is 5.33. The molecule has 1 aromatic carbocycles. The van der Waals surface area contributed by atoms with Gasteiger partial charge in [0.15, 0.2) is 5.96 Å². The van der Waals surface area contributed by atoms with E-state index in [-0.39, 0.29) is 0 Å². The van der Waals surface area contributed by atoms with E-state index in [2.05, 4.69) is 46.8 Å². The van der Waals surface area contributed by atoms with Gasteiger partial charge in [-0.05, 0) is 31.2 Å². The Labute approximate surface area is 135 Å². The molecule has 1 rings (SSSR count). The molecule has 4 nitrogen and oxygen atoms in total. The molecule has 0 aliphatic rings. The molecule has 0 bridgehead atoms. The van der Waals surface area contributed by atoms with E-state index in [1.165, 1.54) is 18.4 Å². The van der Waals surface area contributed by atoms with Crippen molar-refractivity contribution < 1.29 is 4.74 Å². The fourth-order valence-electron chi connectivity index (χ4n) is 2.08. The number of unbranched alkanes of at least 4 members (excludes halogenated alkanes) is 2. The Morgan fingerprint density at radius 2 is 1.73 bits per heavy atom. The summed E-state index contributed by atoms with van der Waals surface area (Å²) in [6, 6.07) is 10.5. The molecule has 0 spiro atoms. The molecular formula is C18H31N3O. The van der Waals surface area contributed by atoms with E-state index in [1.54, 1.807) is 0 Å². The second-order valence-electron chi connectivity index (χ2n) is 5.33. The first-order valence-corrected chi connectivity index (χ1v) is 8.43. The van der Waals surface area contributed by atoms with Gasteiger partial charge in [-0.3, -0.25) is 4.99 Å². The predicted molar refractivity (Wildman–Crippen MR) is 94.5 cm³/mol. The van der Waals surface area contributed by atoms with Crippen molar-refractivity contribution in [3.05, 3.63) is 35.9 Å². The predicted octanol–water partition coefficient (Wildman–Crippen LogP) is 2.99. The number of guanidine groups is 1. The fraction of sp³-hybridized carbons (Fsp3) is 0.611. The van der Waals surface area contributed by atoms with E-state index < -0.39 is 0 Å². The summed E-state index contributed by atoms with van der Waals surface area (Å²) in [5.41, 5.74) is 1.34. The van der Waals surface area contributed by atoms with Gasteiger partial charge in [-0.25, -0.2) is 0 Å². The van der Waals surface area contributed by atoms with Crippen LogP contribution in [0, 0.1) is 0 Å². The lowest BCUT2D eigenvalue weighted by Crippen LogP contribution is -2.38.